The van der Waals surface area contributed by atoms with Crippen LogP contribution in [0.1, 0.15) is 44.5 Å². The fourth-order valence-electron chi connectivity index (χ4n) is 7.56. The number of benzene rings is 8. The molecule has 0 N–H and O–H groups in total. The van der Waals surface area contributed by atoms with Crippen molar-refractivity contribution in [1.82, 2.24) is 0 Å². The van der Waals surface area contributed by atoms with Gasteiger partial charge in [-0.1, -0.05) is 119 Å². The first kappa shape index (κ1) is 42.8. The van der Waals surface area contributed by atoms with Gasteiger partial charge in [-0.05, 0) is 119 Å². The van der Waals surface area contributed by atoms with E-state index < -0.39 is 0 Å². The molecule has 0 aromatic heterocycles. The van der Waals surface area contributed by atoms with Crippen LogP contribution in [-0.2, 0) is 25.7 Å². The molecule has 4 nitrogen and oxygen atoms in total. The van der Waals surface area contributed by atoms with Gasteiger partial charge in [0.05, 0.1) is 28.4 Å². The Morgan fingerprint density at radius 1 is 0.300 bits per heavy atom. The first-order chi connectivity index (χ1) is 29.1. The summed E-state index contributed by atoms with van der Waals surface area (Å²) in [6.07, 6.45) is 3.11. The van der Waals surface area contributed by atoms with Gasteiger partial charge in [-0.3, -0.25) is 0 Å². The van der Waals surface area contributed by atoms with E-state index in [0.29, 0.717) is 0 Å². The van der Waals surface area contributed by atoms with Gasteiger partial charge in [0.1, 0.15) is 23.0 Å². The van der Waals surface area contributed by atoms with Crippen molar-refractivity contribution in [2.45, 2.75) is 25.7 Å². The van der Waals surface area contributed by atoms with Crippen LogP contribution in [0.2, 0.25) is 20.1 Å². The average molecular weight is 875 g/mol. The summed E-state index contributed by atoms with van der Waals surface area (Å²) in [5, 5.41) is 7.12. The molecular formula is C52H44Cl4O4. The Morgan fingerprint density at radius 2 is 0.617 bits per heavy atom. The van der Waals surface area contributed by atoms with E-state index in [-0.39, 0.29) is 0 Å². The number of rotatable bonds is 12. The zero-order valence-electron chi connectivity index (χ0n) is 33.8. The lowest BCUT2D eigenvalue weighted by atomic mass is 9.96. The van der Waals surface area contributed by atoms with E-state index in [1.54, 1.807) is 28.4 Å². The molecule has 0 radical (unpaired) electrons. The van der Waals surface area contributed by atoms with Crippen LogP contribution < -0.4 is 18.9 Å². The standard InChI is InChI=1S/2C26H22Cl2O2/c1-29-25-16-20(14-18-5-10-22(28)11-6-18)26(30-2)23-12-7-19(15-24(23)25)13-17-3-8-21(27)9-4-17;1-29-25-16-20(14-18-5-10-22(28)11-6-18)26(30-2)24-15-19(7-12-23(24)25)13-17-3-8-21(27)9-4-17/h2*3-12,15-16H,13-14H2,1-2H3. The van der Waals surface area contributed by atoms with Crippen LogP contribution in [0.25, 0.3) is 21.5 Å². The molecule has 8 aromatic carbocycles. The molecule has 0 saturated carbocycles. The summed E-state index contributed by atoms with van der Waals surface area (Å²) < 4.78 is 23.2. The highest BCUT2D eigenvalue weighted by atomic mass is 35.5. The monoisotopic (exact) mass is 872 g/mol. The highest BCUT2D eigenvalue weighted by Crippen LogP contribution is 2.40. The van der Waals surface area contributed by atoms with Crippen molar-refractivity contribution in [3.05, 3.63) is 210 Å². The molecule has 0 aliphatic rings. The third-order valence-corrected chi connectivity index (χ3v) is 11.5. The first-order valence-corrected chi connectivity index (χ1v) is 21.0. The summed E-state index contributed by atoms with van der Waals surface area (Å²) in [5.74, 6) is 3.43. The molecular weight excluding hydrogens is 830 g/mol. The molecule has 0 spiro atoms. The second-order valence-corrected chi connectivity index (χ2v) is 16.3. The molecule has 0 heterocycles. The van der Waals surface area contributed by atoms with E-state index in [9.17, 15) is 0 Å². The van der Waals surface area contributed by atoms with Gasteiger partial charge < -0.3 is 18.9 Å². The lowest BCUT2D eigenvalue weighted by Gasteiger charge is -2.16. The minimum Gasteiger partial charge on any atom is -0.496 e. The Morgan fingerprint density at radius 3 is 1.00 bits per heavy atom. The second kappa shape index (κ2) is 19.8. The van der Waals surface area contributed by atoms with Crippen LogP contribution in [0, 0.1) is 0 Å². The third kappa shape index (κ3) is 10.3. The lowest BCUT2D eigenvalue weighted by molar-refractivity contribution is 0.407. The summed E-state index contributed by atoms with van der Waals surface area (Å²) in [6.45, 7) is 0. The summed E-state index contributed by atoms with van der Waals surface area (Å²) in [6, 6.07) is 48.7. The largest absolute Gasteiger partial charge is 0.496 e. The Balaban J connectivity index is 0.000000181. The van der Waals surface area contributed by atoms with Crippen LogP contribution >= 0.6 is 46.4 Å². The number of hydrogen-bond donors (Lipinski definition) is 0. The minimum atomic E-state index is 0.730. The van der Waals surface area contributed by atoms with Crippen molar-refractivity contribution in [2.24, 2.45) is 0 Å². The molecule has 304 valence electrons. The van der Waals surface area contributed by atoms with E-state index in [1.807, 2.05) is 72.8 Å². The van der Waals surface area contributed by atoms with Crippen molar-refractivity contribution >= 4 is 67.9 Å². The predicted octanol–water partition coefficient (Wildman–Crippen LogP) is 14.7. The second-order valence-electron chi connectivity index (χ2n) is 14.5. The zero-order valence-corrected chi connectivity index (χ0v) is 36.9. The molecule has 0 aliphatic carbocycles. The van der Waals surface area contributed by atoms with Gasteiger partial charge >= 0.3 is 0 Å². The fourth-order valence-corrected chi connectivity index (χ4v) is 8.06. The van der Waals surface area contributed by atoms with Crippen molar-refractivity contribution < 1.29 is 18.9 Å². The molecule has 0 amide bonds. The van der Waals surface area contributed by atoms with Crippen molar-refractivity contribution in [3.63, 3.8) is 0 Å². The molecule has 0 unspecified atom stereocenters. The van der Waals surface area contributed by atoms with Gasteiger partial charge in [-0.15, -0.1) is 0 Å². The van der Waals surface area contributed by atoms with Gasteiger partial charge in [0, 0.05) is 65.6 Å². The predicted molar refractivity (Wildman–Crippen MR) is 251 cm³/mol. The Hall–Kier alpha value is -5.36. The summed E-state index contributed by atoms with van der Waals surface area (Å²) >= 11 is 24.1. The Bertz CT molecular complexity index is 2710. The molecule has 8 heteroatoms. The minimum absolute atomic E-state index is 0.730. The Labute approximate surface area is 372 Å². The Kier molecular flexibility index (Phi) is 14.1. The van der Waals surface area contributed by atoms with Crippen molar-refractivity contribution in [2.75, 3.05) is 28.4 Å². The number of methoxy groups -OCH3 is 4. The van der Waals surface area contributed by atoms with Gasteiger partial charge in [0.25, 0.3) is 0 Å². The first-order valence-electron chi connectivity index (χ1n) is 19.5. The van der Waals surface area contributed by atoms with Crippen molar-refractivity contribution in [1.29, 1.82) is 0 Å². The highest BCUT2D eigenvalue weighted by Gasteiger charge is 2.17. The fraction of sp³-hybridized carbons (Fsp3) is 0.154. The van der Waals surface area contributed by atoms with E-state index in [4.69, 9.17) is 65.4 Å². The molecule has 0 aliphatic heterocycles. The number of ether oxygens (including phenoxy) is 4. The third-order valence-electron chi connectivity index (χ3n) is 10.5. The van der Waals surface area contributed by atoms with E-state index >= 15 is 0 Å². The maximum atomic E-state index is 6.04. The quantitative estimate of drug-likeness (QED) is 0.123. The van der Waals surface area contributed by atoms with Crippen LogP contribution in [0.3, 0.4) is 0 Å². The lowest BCUT2D eigenvalue weighted by Crippen LogP contribution is -1.98. The van der Waals surface area contributed by atoms with Crippen LogP contribution in [0.4, 0.5) is 0 Å². The molecule has 0 bridgehead atoms. The van der Waals surface area contributed by atoms with E-state index in [0.717, 1.165) is 107 Å². The number of fused-ring (bicyclic) bond motifs is 2. The highest BCUT2D eigenvalue weighted by molar-refractivity contribution is 6.31. The molecule has 0 fully saturated rings. The maximum absolute atomic E-state index is 6.04. The molecule has 8 rings (SSSR count). The van der Waals surface area contributed by atoms with Gasteiger partial charge in [0.2, 0.25) is 0 Å². The summed E-state index contributed by atoms with van der Waals surface area (Å²) in [4.78, 5) is 0. The normalized spacial score (nSPS) is 10.9. The number of hydrogen-bond acceptors (Lipinski definition) is 4. The number of halogens is 4. The van der Waals surface area contributed by atoms with Gasteiger partial charge in [-0.25, -0.2) is 0 Å². The maximum Gasteiger partial charge on any atom is 0.130 e. The van der Waals surface area contributed by atoms with Crippen LogP contribution in [0.5, 0.6) is 23.0 Å². The van der Waals surface area contributed by atoms with Crippen LogP contribution in [0.15, 0.2) is 146 Å². The summed E-state index contributed by atoms with van der Waals surface area (Å²) in [5.41, 5.74) is 9.31. The molecule has 0 atom stereocenters. The average Bonchev–Trinajstić information content (AvgIpc) is 3.26. The summed E-state index contributed by atoms with van der Waals surface area (Å²) in [7, 11) is 6.85. The van der Waals surface area contributed by atoms with Crippen LogP contribution in [-0.4, -0.2) is 28.4 Å². The molecule has 60 heavy (non-hydrogen) atoms. The van der Waals surface area contributed by atoms with E-state index in [1.165, 1.54) is 27.8 Å². The zero-order chi connectivity index (χ0) is 42.2. The van der Waals surface area contributed by atoms with Crippen molar-refractivity contribution in [3.8, 4) is 23.0 Å². The van der Waals surface area contributed by atoms with E-state index in [2.05, 4.69) is 72.8 Å². The van der Waals surface area contributed by atoms with Gasteiger partial charge in [0.15, 0.2) is 0 Å². The van der Waals surface area contributed by atoms with Gasteiger partial charge in [-0.2, -0.15) is 0 Å². The SMILES string of the molecule is COc1cc(Cc2ccc(Cl)cc2)c(OC)c2cc(Cc3ccc(Cl)cc3)ccc12.COc1cc(Cc2ccc(Cl)cc2)c(OC)c2ccc(Cc3ccc(Cl)cc3)cc12. The smallest absolute Gasteiger partial charge is 0.130 e. The topological polar surface area (TPSA) is 36.9 Å². The molecule has 8 aromatic rings. The molecule has 0 saturated heterocycles.